The second kappa shape index (κ2) is 6.79. The van der Waals surface area contributed by atoms with E-state index in [1.807, 2.05) is 31.2 Å². The number of carbonyl (C=O) groups is 1. The Morgan fingerprint density at radius 3 is 2.52 bits per heavy atom. The molecule has 29 heavy (non-hydrogen) atoms. The normalized spacial score (nSPS) is 12.3. The van der Waals surface area contributed by atoms with E-state index in [2.05, 4.69) is 15.5 Å². The molecule has 0 aliphatic carbocycles. The van der Waals surface area contributed by atoms with Crippen LogP contribution in [-0.4, -0.2) is 27.7 Å². The zero-order chi connectivity index (χ0) is 20.0. The first kappa shape index (κ1) is 17.5. The van der Waals surface area contributed by atoms with Gasteiger partial charge in [0.05, 0.1) is 5.69 Å². The highest BCUT2D eigenvalue weighted by Crippen LogP contribution is 2.33. The van der Waals surface area contributed by atoms with E-state index >= 15 is 0 Å². The van der Waals surface area contributed by atoms with E-state index in [1.54, 1.807) is 35.1 Å². The number of halogens is 1. The predicted molar refractivity (Wildman–Crippen MR) is 109 cm³/mol. The topological polar surface area (TPSA) is 78.3 Å². The van der Waals surface area contributed by atoms with Crippen molar-refractivity contribution in [1.29, 1.82) is 0 Å². The summed E-state index contributed by atoms with van der Waals surface area (Å²) in [7, 11) is 0. The molecule has 0 saturated heterocycles. The van der Waals surface area contributed by atoms with Gasteiger partial charge in [0.15, 0.2) is 11.5 Å². The van der Waals surface area contributed by atoms with Gasteiger partial charge in [-0.2, -0.15) is 4.80 Å². The predicted octanol–water partition coefficient (Wildman–Crippen LogP) is 4.36. The first-order chi connectivity index (χ1) is 14.1. The van der Waals surface area contributed by atoms with Gasteiger partial charge in [0.25, 0.3) is 5.91 Å². The second-order valence-corrected chi connectivity index (χ2v) is 7.08. The fourth-order valence-corrected chi connectivity index (χ4v) is 3.25. The maximum absolute atomic E-state index is 12.7. The molecule has 0 saturated carbocycles. The monoisotopic (exact) mass is 406 g/mol. The minimum atomic E-state index is -0.240. The first-order valence-electron chi connectivity index (χ1n) is 8.91. The van der Waals surface area contributed by atoms with Crippen LogP contribution >= 0.6 is 11.6 Å². The summed E-state index contributed by atoms with van der Waals surface area (Å²) in [6.45, 7) is 2.08. The molecule has 4 aromatic rings. The van der Waals surface area contributed by atoms with E-state index in [0.717, 1.165) is 16.8 Å². The lowest BCUT2D eigenvalue weighted by atomic mass is 10.1. The SMILES string of the molecule is Cc1cc2nn(-c3ccc(Cl)cc3)nc2cc1NC(=O)c1ccc2c(c1)OCO2. The molecule has 0 unspecified atom stereocenters. The third-order valence-electron chi connectivity index (χ3n) is 4.67. The maximum Gasteiger partial charge on any atom is 0.255 e. The van der Waals surface area contributed by atoms with Crippen LogP contribution in [0.4, 0.5) is 5.69 Å². The molecule has 0 radical (unpaired) electrons. The number of aryl methyl sites for hydroxylation is 1. The average molecular weight is 407 g/mol. The minimum absolute atomic E-state index is 0.166. The highest BCUT2D eigenvalue weighted by Gasteiger charge is 2.17. The van der Waals surface area contributed by atoms with Gasteiger partial charge in [-0.25, -0.2) is 0 Å². The van der Waals surface area contributed by atoms with Gasteiger partial charge >= 0.3 is 0 Å². The van der Waals surface area contributed by atoms with Gasteiger partial charge < -0.3 is 14.8 Å². The number of fused-ring (bicyclic) bond motifs is 2. The molecule has 2 heterocycles. The summed E-state index contributed by atoms with van der Waals surface area (Å²) in [5, 5.41) is 12.6. The van der Waals surface area contributed by atoms with Crippen LogP contribution in [0.3, 0.4) is 0 Å². The maximum atomic E-state index is 12.7. The van der Waals surface area contributed by atoms with Crippen molar-refractivity contribution in [3.8, 4) is 17.2 Å². The quantitative estimate of drug-likeness (QED) is 0.546. The Morgan fingerprint density at radius 1 is 1.00 bits per heavy atom. The van der Waals surface area contributed by atoms with Crippen molar-refractivity contribution in [2.75, 3.05) is 12.1 Å². The van der Waals surface area contributed by atoms with E-state index in [4.69, 9.17) is 21.1 Å². The largest absolute Gasteiger partial charge is 0.454 e. The van der Waals surface area contributed by atoms with Crippen LogP contribution in [0.25, 0.3) is 16.7 Å². The molecule has 0 fully saturated rings. The number of ether oxygens (including phenoxy) is 2. The van der Waals surface area contributed by atoms with E-state index in [1.165, 1.54) is 0 Å². The molecule has 0 atom stereocenters. The van der Waals surface area contributed by atoms with Crippen molar-refractivity contribution < 1.29 is 14.3 Å². The van der Waals surface area contributed by atoms with Crippen molar-refractivity contribution in [3.05, 3.63) is 70.7 Å². The molecule has 1 aliphatic heterocycles. The van der Waals surface area contributed by atoms with E-state index in [-0.39, 0.29) is 12.7 Å². The highest BCUT2D eigenvalue weighted by atomic mass is 35.5. The first-order valence-corrected chi connectivity index (χ1v) is 9.29. The van der Waals surface area contributed by atoms with Gasteiger partial charge in [0.1, 0.15) is 11.0 Å². The molecule has 0 spiro atoms. The number of nitrogens with zero attached hydrogens (tertiary/aromatic N) is 3. The third-order valence-corrected chi connectivity index (χ3v) is 4.92. The number of nitrogens with one attached hydrogen (secondary N) is 1. The van der Waals surface area contributed by atoms with Crippen LogP contribution < -0.4 is 14.8 Å². The molecule has 1 aromatic heterocycles. The van der Waals surface area contributed by atoms with Gasteiger partial charge in [0.2, 0.25) is 6.79 Å². The summed E-state index contributed by atoms with van der Waals surface area (Å²) in [6, 6.07) is 16.1. The Hall–Kier alpha value is -3.58. The lowest BCUT2D eigenvalue weighted by Crippen LogP contribution is -2.12. The smallest absolute Gasteiger partial charge is 0.255 e. The molecule has 1 aliphatic rings. The van der Waals surface area contributed by atoms with Crippen LogP contribution in [0.2, 0.25) is 5.02 Å². The molecular formula is C21H15ClN4O3. The summed E-state index contributed by atoms with van der Waals surface area (Å²) in [4.78, 5) is 14.2. The summed E-state index contributed by atoms with van der Waals surface area (Å²) >= 11 is 5.94. The molecule has 5 rings (SSSR count). The standard InChI is InChI=1S/C21H15ClN4O3/c1-12-8-17-18(25-26(24-17)15-5-3-14(22)4-6-15)10-16(12)23-21(27)13-2-7-19-20(9-13)29-11-28-19/h2-10H,11H2,1H3,(H,23,27). The van der Waals surface area contributed by atoms with Crippen LogP contribution in [0.1, 0.15) is 15.9 Å². The molecular weight excluding hydrogens is 392 g/mol. The van der Waals surface area contributed by atoms with Crippen molar-refractivity contribution in [1.82, 2.24) is 15.0 Å². The Kier molecular flexibility index (Phi) is 4.10. The number of aromatic nitrogens is 3. The van der Waals surface area contributed by atoms with E-state index in [0.29, 0.717) is 33.3 Å². The number of anilines is 1. The average Bonchev–Trinajstić information content (AvgIpc) is 3.34. The molecule has 7 nitrogen and oxygen atoms in total. The zero-order valence-electron chi connectivity index (χ0n) is 15.3. The highest BCUT2D eigenvalue weighted by molar-refractivity contribution is 6.30. The molecule has 1 amide bonds. The lowest BCUT2D eigenvalue weighted by molar-refractivity contribution is 0.102. The van der Waals surface area contributed by atoms with Gasteiger partial charge in [-0.3, -0.25) is 4.79 Å². The van der Waals surface area contributed by atoms with Crippen molar-refractivity contribution in [3.63, 3.8) is 0 Å². The minimum Gasteiger partial charge on any atom is -0.454 e. The molecule has 3 aromatic carbocycles. The Labute approximate surface area is 170 Å². The van der Waals surface area contributed by atoms with Gasteiger partial charge in [-0.1, -0.05) is 11.6 Å². The Bertz CT molecular complexity index is 1250. The molecule has 0 bridgehead atoms. The molecule has 144 valence electrons. The van der Waals surface area contributed by atoms with Crippen molar-refractivity contribution in [2.45, 2.75) is 6.92 Å². The number of hydrogen-bond donors (Lipinski definition) is 1. The number of carbonyl (C=O) groups excluding carboxylic acids is 1. The van der Waals surface area contributed by atoms with Crippen LogP contribution in [-0.2, 0) is 0 Å². The van der Waals surface area contributed by atoms with Gasteiger partial charge in [-0.05, 0) is 67.1 Å². The fourth-order valence-electron chi connectivity index (χ4n) is 3.12. The third kappa shape index (κ3) is 3.25. The van der Waals surface area contributed by atoms with E-state index < -0.39 is 0 Å². The lowest BCUT2D eigenvalue weighted by Gasteiger charge is -2.08. The number of hydrogen-bond acceptors (Lipinski definition) is 5. The molecule has 1 N–H and O–H groups in total. The van der Waals surface area contributed by atoms with Crippen molar-refractivity contribution >= 4 is 34.2 Å². The Balaban J connectivity index is 1.44. The summed E-state index contributed by atoms with van der Waals surface area (Å²) in [5.41, 5.74) is 4.25. The second-order valence-electron chi connectivity index (χ2n) is 6.64. The fraction of sp³-hybridized carbons (Fsp3) is 0.0952. The van der Waals surface area contributed by atoms with Crippen molar-refractivity contribution in [2.24, 2.45) is 0 Å². The zero-order valence-corrected chi connectivity index (χ0v) is 16.1. The van der Waals surface area contributed by atoms with Crippen LogP contribution in [0.5, 0.6) is 11.5 Å². The van der Waals surface area contributed by atoms with Gasteiger partial charge in [-0.15, -0.1) is 10.2 Å². The van der Waals surface area contributed by atoms with E-state index in [9.17, 15) is 4.79 Å². The Morgan fingerprint density at radius 2 is 1.72 bits per heavy atom. The number of amides is 1. The van der Waals surface area contributed by atoms with Crippen LogP contribution in [0, 0.1) is 6.92 Å². The number of rotatable bonds is 3. The van der Waals surface area contributed by atoms with Gasteiger partial charge in [0, 0.05) is 16.3 Å². The molecule has 8 heteroatoms. The number of benzene rings is 3. The van der Waals surface area contributed by atoms with Crippen LogP contribution in [0.15, 0.2) is 54.6 Å². The summed E-state index contributed by atoms with van der Waals surface area (Å²) < 4.78 is 10.6. The summed E-state index contributed by atoms with van der Waals surface area (Å²) in [5.74, 6) is 0.963. The summed E-state index contributed by atoms with van der Waals surface area (Å²) in [6.07, 6.45) is 0.